The highest BCUT2D eigenvalue weighted by Gasteiger charge is 2.53. The largest absolute Gasteiger partial charge is 0.493 e. The Kier molecular flexibility index (Phi) is 4.22. The lowest BCUT2D eigenvalue weighted by Crippen LogP contribution is -2.55. The van der Waals surface area contributed by atoms with Crippen molar-refractivity contribution < 1.29 is 9.53 Å². The predicted molar refractivity (Wildman–Crippen MR) is 108 cm³/mol. The fraction of sp³-hybridized carbons (Fsp3) is 0.565. The van der Waals surface area contributed by atoms with Gasteiger partial charge in [0.2, 0.25) is 0 Å². The van der Waals surface area contributed by atoms with Crippen LogP contribution in [0.15, 0.2) is 36.5 Å². The molecule has 5 heteroatoms. The second-order valence-corrected chi connectivity index (χ2v) is 9.30. The average molecular weight is 380 g/mol. The normalized spacial score (nSPS) is 31.6. The highest BCUT2D eigenvalue weighted by molar-refractivity contribution is 5.95. The monoisotopic (exact) mass is 379 g/mol. The van der Waals surface area contributed by atoms with Crippen LogP contribution in [-0.4, -0.2) is 28.8 Å². The van der Waals surface area contributed by atoms with E-state index in [1.165, 1.54) is 38.5 Å². The third-order valence-electron chi connectivity index (χ3n) is 7.49. The van der Waals surface area contributed by atoms with Gasteiger partial charge in [0.15, 0.2) is 11.4 Å². The summed E-state index contributed by atoms with van der Waals surface area (Å²) >= 11 is 0. The SMILES string of the molecule is COc1cn(-c2ccccc2)nc1C(=O)N[C@H](C)C12CC3CC(CC(C3)C1)C2. The number of nitrogens with zero attached hydrogens (tertiary/aromatic N) is 2. The second-order valence-electron chi connectivity index (χ2n) is 9.30. The van der Waals surface area contributed by atoms with Gasteiger partial charge in [-0.05, 0) is 80.8 Å². The van der Waals surface area contributed by atoms with Crippen LogP contribution in [0.2, 0.25) is 0 Å². The van der Waals surface area contributed by atoms with Gasteiger partial charge in [0.05, 0.1) is 19.0 Å². The lowest BCUT2D eigenvalue weighted by atomic mass is 9.48. The van der Waals surface area contributed by atoms with Gasteiger partial charge in [0.25, 0.3) is 5.91 Å². The van der Waals surface area contributed by atoms with Crippen molar-refractivity contribution in [1.29, 1.82) is 0 Å². The van der Waals surface area contributed by atoms with Gasteiger partial charge in [0.1, 0.15) is 0 Å². The quantitative estimate of drug-likeness (QED) is 0.846. The van der Waals surface area contributed by atoms with Crippen molar-refractivity contribution in [2.45, 2.75) is 51.5 Å². The molecule has 4 aliphatic carbocycles. The van der Waals surface area contributed by atoms with Crippen LogP contribution in [-0.2, 0) is 0 Å². The zero-order valence-electron chi connectivity index (χ0n) is 16.7. The fourth-order valence-electron chi connectivity index (χ4n) is 6.50. The summed E-state index contributed by atoms with van der Waals surface area (Å²) < 4.78 is 7.17. The highest BCUT2D eigenvalue weighted by atomic mass is 16.5. The summed E-state index contributed by atoms with van der Waals surface area (Å²) in [5.74, 6) is 3.00. The molecule has 28 heavy (non-hydrogen) atoms. The summed E-state index contributed by atoms with van der Waals surface area (Å²) in [7, 11) is 1.59. The summed E-state index contributed by atoms with van der Waals surface area (Å²) in [6, 6.07) is 9.97. The van der Waals surface area contributed by atoms with E-state index in [1.54, 1.807) is 18.0 Å². The van der Waals surface area contributed by atoms with Gasteiger partial charge in [-0.1, -0.05) is 18.2 Å². The number of benzene rings is 1. The molecule has 1 amide bonds. The van der Waals surface area contributed by atoms with Crippen molar-refractivity contribution in [3.63, 3.8) is 0 Å². The molecule has 1 heterocycles. The van der Waals surface area contributed by atoms with Crippen LogP contribution in [0.25, 0.3) is 5.69 Å². The van der Waals surface area contributed by atoms with Gasteiger partial charge in [-0.3, -0.25) is 4.79 Å². The van der Waals surface area contributed by atoms with E-state index >= 15 is 0 Å². The second kappa shape index (κ2) is 6.64. The fourth-order valence-corrected chi connectivity index (χ4v) is 6.50. The smallest absolute Gasteiger partial charge is 0.275 e. The molecule has 0 radical (unpaired) electrons. The molecule has 5 nitrogen and oxygen atoms in total. The minimum Gasteiger partial charge on any atom is -0.493 e. The molecule has 2 aromatic rings. The third kappa shape index (κ3) is 2.92. The Bertz CT molecular complexity index is 838. The van der Waals surface area contributed by atoms with Crippen molar-refractivity contribution in [2.75, 3.05) is 7.11 Å². The molecule has 4 aliphatic rings. The van der Waals surface area contributed by atoms with E-state index in [0.717, 1.165) is 23.4 Å². The molecular formula is C23H29N3O2. The number of amides is 1. The van der Waals surface area contributed by atoms with E-state index in [1.807, 2.05) is 30.3 Å². The van der Waals surface area contributed by atoms with Crippen molar-refractivity contribution in [1.82, 2.24) is 15.1 Å². The van der Waals surface area contributed by atoms with Gasteiger partial charge in [-0.15, -0.1) is 0 Å². The minimum atomic E-state index is -0.130. The zero-order chi connectivity index (χ0) is 19.3. The van der Waals surface area contributed by atoms with Crippen molar-refractivity contribution in [2.24, 2.45) is 23.2 Å². The Morgan fingerprint density at radius 1 is 1.14 bits per heavy atom. The zero-order valence-corrected chi connectivity index (χ0v) is 16.7. The topological polar surface area (TPSA) is 56.2 Å². The third-order valence-corrected chi connectivity index (χ3v) is 7.49. The number of methoxy groups -OCH3 is 1. The molecule has 148 valence electrons. The number of hydrogen-bond acceptors (Lipinski definition) is 3. The number of carbonyl (C=O) groups excluding carboxylic acids is 1. The van der Waals surface area contributed by atoms with E-state index in [9.17, 15) is 4.79 Å². The predicted octanol–water partition coefficient (Wildman–Crippen LogP) is 4.22. The van der Waals surface area contributed by atoms with Crippen LogP contribution in [0.3, 0.4) is 0 Å². The summed E-state index contributed by atoms with van der Waals surface area (Å²) in [5.41, 5.74) is 1.55. The number of aromatic nitrogens is 2. The van der Waals surface area contributed by atoms with Crippen molar-refractivity contribution in [3.05, 3.63) is 42.2 Å². The number of nitrogens with one attached hydrogen (secondary N) is 1. The Morgan fingerprint density at radius 2 is 1.75 bits per heavy atom. The first-order chi connectivity index (χ1) is 13.6. The first kappa shape index (κ1) is 17.8. The molecule has 1 aromatic carbocycles. The van der Waals surface area contributed by atoms with Crippen LogP contribution in [0.5, 0.6) is 5.75 Å². The Labute approximate surface area is 166 Å². The molecule has 0 aliphatic heterocycles. The molecular weight excluding hydrogens is 350 g/mol. The summed E-state index contributed by atoms with van der Waals surface area (Å²) in [5, 5.41) is 7.83. The Balaban J connectivity index is 1.36. The van der Waals surface area contributed by atoms with Gasteiger partial charge in [-0.25, -0.2) is 4.68 Å². The molecule has 0 unspecified atom stereocenters. The first-order valence-corrected chi connectivity index (χ1v) is 10.6. The molecule has 6 rings (SSSR count). The number of rotatable bonds is 5. The van der Waals surface area contributed by atoms with E-state index in [2.05, 4.69) is 17.3 Å². The molecule has 1 atom stereocenters. The van der Waals surface area contributed by atoms with Gasteiger partial charge in [-0.2, -0.15) is 5.10 Å². The molecule has 0 spiro atoms. The van der Waals surface area contributed by atoms with Gasteiger partial charge in [0, 0.05) is 6.04 Å². The number of ether oxygens (including phenoxy) is 1. The number of hydrogen-bond donors (Lipinski definition) is 1. The molecule has 4 fully saturated rings. The number of para-hydroxylation sites is 1. The summed E-state index contributed by atoms with van der Waals surface area (Å²) in [6.07, 6.45) is 9.83. The van der Waals surface area contributed by atoms with Crippen LogP contribution in [0.1, 0.15) is 55.9 Å². The van der Waals surface area contributed by atoms with E-state index in [-0.39, 0.29) is 17.4 Å². The molecule has 4 saturated carbocycles. The Morgan fingerprint density at radius 3 is 2.32 bits per heavy atom. The maximum absolute atomic E-state index is 13.1. The number of carbonyl (C=O) groups is 1. The van der Waals surface area contributed by atoms with Crippen molar-refractivity contribution in [3.8, 4) is 11.4 Å². The first-order valence-electron chi connectivity index (χ1n) is 10.6. The van der Waals surface area contributed by atoms with E-state index in [0.29, 0.717) is 11.4 Å². The average Bonchev–Trinajstić information content (AvgIpc) is 3.12. The summed E-state index contributed by atoms with van der Waals surface area (Å²) in [6.45, 7) is 2.20. The Hall–Kier alpha value is -2.30. The minimum absolute atomic E-state index is 0.130. The van der Waals surface area contributed by atoms with Gasteiger partial charge < -0.3 is 10.1 Å². The van der Waals surface area contributed by atoms with Gasteiger partial charge >= 0.3 is 0 Å². The molecule has 1 N–H and O–H groups in total. The van der Waals surface area contributed by atoms with E-state index in [4.69, 9.17) is 4.74 Å². The lowest BCUT2D eigenvalue weighted by molar-refractivity contribution is -0.0688. The van der Waals surface area contributed by atoms with Crippen LogP contribution < -0.4 is 10.1 Å². The standard InChI is InChI=1S/C23H29N3O2/c1-15(23-11-16-8-17(12-23)10-18(9-16)13-23)24-22(27)21-20(28-2)14-26(25-21)19-6-4-3-5-7-19/h3-7,14-18H,8-13H2,1-2H3,(H,24,27)/t15-,16?,17?,18?,23?/m1/s1. The maximum atomic E-state index is 13.1. The van der Waals surface area contributed by atoms with Crippen LogP contribution in [0.4, 0.5) is 0 Å². The van der Waals surface area contributed by atoms with Crippen molar-refractivity contribution >= 4 is 5.91 Å². The highest BCUT2D eigenvalue weighted by Crippen LogP contribution is 2.61. The lowest BCUT2D eigenvalue weighted by Gasteiger charge is -2.59. The molecule has 4 bridgehead atoms. The van der Waals surface area contributed by atoms with E-state index < -0.39 is 0 Å². The molecule has 1 aromatic heterocycles. The van der Waals surface area contributed by atoms with Crippen LogP contribution >= 0.6 is 0 Å². The summed E-state index contributed by atoms with van der Waals surface area (Å²) in [4.78, 5) is 13.1. The maximum Gasteiger partial charge on any atom is 0.275 e. The molecule has 0 saturated heterocycles. The van der Waals surface area contributed by atoms with Crippen LogP contribution in [0, 0.1) is 23.2 Å².